The Labute approximate surface area is 111 Å². The van der Waals surface area contributed by atoms with Crippen molar-refractivity contribution in [2.24, 2.45) is 0 Å². The van der Waals surface area contributed by atoms with Crippen molar-refractivity contribution in [2.75, 3.05) is 19.4 Å². The number of nitrogens with zero attached hydrogens (tertiary/aromatic N) is 4. The Bertz CT molecular complexity index is 484. The minimum absolute atomic E-state index is 0.243. The average Bonchev–Trinajstić information content (AvgIpc) is 2.86. The molecule has 6 heteroatoms. The maximum atomic E-state index is 4.48. The van der Waals surface area contributed by atoms with Crippen molar-refractivity contribution in [1.29, 1.82) is 0 Å². The average molecular weight is 263 g/mol. The highest BCUT2D eigenvalue weighted by molar-refractivity contribution is 7.13. The first kappa shape index (κ1) is 12.9. The van der Waals surface area contributed by atoms with Crippen molar-refractivity contribution >= 4 is 16.5 Å². The van der Waals surface area contributed by atoms with Crippen LogP contribution in [0.2, 0.25) is 0 Å². The summed E-state index contributed by atoms with van der Waals surface area (Å²) < 4.78 is 0. The minimum atomic E-state index is 0.243. The highest BCUT2D eigenvalue weighted by Crippen LogP contribution is 2.20. The molecule has 0 aliphatic heterocycles. The third-order valence-electron chi connectivity index (χ3n) is 2.87. The molecule has 0 spiro atoms. The van der Waals surface area contributed by atoms with Gasteiger partial charge in [0.05, 0.1) is 11.4 Å². The first-order valence-corrected chi connectivity index (χ1v) is 6.67. The van der Waals surface area contributed by atoms with E-state index < -0.39 is 0 Å². The molecule has 18 heavy (non-hydrogen) atoms. The summed E-state index contributed by atoms with van der Waals surface area (Å²) in [6.07, 6.45) is 3.36. The first-order valence-electron chi connectivity index (χ1n) is 5.79. The van der Waals surface area contributed by atoms with Gasteiger partial charge in [-0.2, -0.15) is 0 Å². The second-order valence-corrected chi connectivity index (χ2v) is 4.98. The standard InChI is InChI=1S/C12H17N5S/c1-9(11-4-5-14-8-15-11)17(3)6-10-7-18-12(13-2)16-10/h4-5,7-9H,6H2,1-3H3,(H,13,16)/t9-/m1/s1. The van der Waals surface area contributed by atoms with E-state index in [1.54, 1.807) is 23.9 Å². The molecule has 0 aliphatic carbocycles. The van der Waals surface area contributed by atoms with Crippen molar-refractivity contribution in [3.63, 3.8) is 0 Å². The van der Waals surface area contributed by atoms with Crippen LogP contribution in [-0.2, 0) is 6.54 Å². The molecule has 0 aliphatic rings. The summed E-state index contributed by atoms with van der Waals surface area (Å²) in [6.45, 7) is 2.94. The number of hydrogen-bond acceptors (Lipinski definition) is 6. The van der Waals surface area contributed by atoms with Gasteiger partial charge in [0.1, 0.15) is 6.33 Å². The van der Waals surface area contributed by atoms with E-state index in [4.69, 9.17) is 0 Å². The summed E-state index contributed by atoms with van der Waals surface area (Å²) in [6, 6.07) is 2.19. The lowest BCUT2D eigenvalue weighted by Gasteiger charge is -2.23. The maximum Gasteiger partial charge on any atom is 0.182 e. The third kappa shape index (κ3) is 3.02. The lowest BCUT2D eigenvalue weighted by molar-refractivity contribution is 0.246. The van der Waals surface area contributed by atoms with Gasteiger partial charge in [-0.1, -0.05) is 0 Å². The molecule has 0 saturated carbocycles. The van der Waals surface area contributed by atoms with Gasteiger partial charge < -0.3 is 5.32 Å². The Balaban J connectivity index is 2.01. The van der Waals surface area contributed by atoms with Gasteiger partial charge in [0.15, 0.2) is 5.13 Å². The van der Waals surface area contributed by atoms with Crippen LogP contribution in [0.1, 0.15) is 24.4 Å². The topological polar surface area (TPSA) is 53.9 Å². The van der Waals surface area contributed by atoms with Crippen molar-refractivity contribution < 1.29 is 0 Å². The van der Waals surface area contributed by atoms with E-state index in [1.807, 2.05) is 13.1 Å². The SMILES string of the molecule is CNc1nc(CN(C)[C@H](C)c2ccncn2)cs1. The Morgan fingerprint density at radius 1 is 1.50 bits per heavy atom. The summed E-state index contributed by atoms with van der Waals surface area (Å²) in [5.74, 6) is 0. The Hall–Kier alpha value is -1.53. The van der Waals surface area contributed by atoms with Gasteiger partial charge in [-0.25, -0.2) is 15.0 Å². The van der Waals surface area contributed by atoms with E-state index in [0.717, 1.165) is 23.1 Å². The molecule has 0 unspecified atom stereocenters. The molecule has 0 fully saturated rings. The molecule has 2 aromatic rings. The normalized spacial score (nSPS) is 12.7. The molecule has 5 nitrogen and oxygen atoms in total. The molecule has 1 N–H and O–H groups in total. The van der Waals surface area contributed by atoms with E-state index in [-0.39, 0.29) is 6.04 Å². The summed E-state index contributed by atoms with van der Waals surface area (Å²) >= 11 is 1.62. The zero-order chi connectivity index (χ0) is 13.0. The van der Waals surface area contributed by atoms with Crippen LogP contribution in [-0.4, -0.2) is 33.9 Å². The lowest BCUT2D eigenvalue weighted by Crippen LogP contribution is -2.22. The van der Waals surface area contributed by atoms with Crippen LogP contribution in [0.4, 0.5) is 5.13 Å². The van der Waals surface area contributed by atoms with Gasteiger partial charge in [0, 0.05) is 31.2 Å². The van der Waals surface area contributed by atoms with Gasteiger partial charge >= 0.3 is 0 Å². The molecular formula is C12H17N5S. The number of aromatic nitrogens is 3. The molecule has 0 radical (unpaired) electrons. The van der Waals surface area contributed by atoms with E-state index >= 15 is 0 Å². The van der Waals surface area contributed by atoms with Gasteiger partial charge in [-0.15, -0.1) is 11.3 Å². The van der Waals surface area contributed by atoms with Crippen LogP contribution in [0, 0.1) is 0 Å². The quantitative estimate of drug-likeness (QED) is 0.896. The molecule has 2 rings (SSSR count). The van der Waals surface area contributed by atoms with Crippen molar-refractivity contribution in [3.8, 4) is 0 Å². The summed E-state index contributed by atoms with van der Waals surface area (Å²) in [4.78, 5) is 14.9. The second-order valence-electron chi connectivity index (χ2n) is 4.12. The van der Waals surface area contributed by atoms with Crippen LogP contribution in [0.5, 0.6) is 0 Å². The maximum absolute atomic E-state index is 4.48. The molecule has 96 valence electrons. The monoisotopic (exact) mass is 263 g/mol. The van der Waals surface area contributed by atoms with Gasteiger partial charge in [-0.3, -0.25) is 4.90 Å². The van der Waals surface area contributed by atoms with Crippen molar-refractivity contribution in [2.45, 2.75) is 19.5 Å². The van der Waals surface area contributed by atoms with E-state index in [1.165, 1.54) is 0 Å². The van der Waals surface area contributed by atoms with Crippen molar-refractivity contribution in [1.82, 2.24) is 19.9 Å². The zero-order valence-electron chi connectivity index (χ0n) is 10.8. The number of anilines is 1. The fourth-order valence-corrected chi connectivity index (χ4v) is 2.32. The zero-order valence-corrected chi connectivity index (χ0v) is 11.6. The number of rotatable bonds is 5. The predicted octanol–water partition coefficient (Wildman–Crippen LogP) is 2.17. The van der Waals surface area contributed by atoms with Crippen LogP contribution in [0.3, 0.4) is 0 Å². The van der Waals surface area contributed by atoms with E-state index in [9.17, 15) is 0 Å². The Morgan fingerprint density at radius 2 is 2.33 bits per heavy atom. The number of hydrogen-bond donors (Lipinski definition) is 1. The van der Waals surface area contributed by atoms with Crippen molar-refractivity contribution in [3.05, 3.63) is 35.4 Å². The first-order chi connectivity index (χ1) is 8.70. The van der Waals surface area contributed by atoms with Crippen LogP contribution >= 0.6 is 11.3 Å². The van der Waals surface area contributed by atoms with Crippen LogP contribution in [0.15, 0.2) is 24.0 Å². The van der Waals surface area contributed by atoms with Gasteiger partial charge in [0.25, 0.3) is 0 Å². The molecule has 2 aromatic heterocycles. The fourth-order valence-electron chi connectivity index (χ4n) is 1.66. The lowest BCUT2D eigenvalue weighted by atomic mass is 10.2. The van der Waals surface area contributed by atoms with Crippen LogP contribution < -0.4 is 5.32 Å². The molecular weight excluding hydrogens is 246 g/mol. The van der Waals surface area contributed by atoms with Gasteiger partial charge in [-0.05, 0) is 20.0 Å². The smallest absolute Gasteiger partial charge is 0.182 e. The Morgan fingerprint density at radius 3 is 2.94 bits per heavy atom. The number of thiazole rings is 1. The fraction of sp³-hybridized carbons (Fsp3) is 0.417. The third-order valence-corrected chi connectivity index (χ3v) is 3.78. The second kappa shape index (κ2) is 5.88. The minimum Gasteiger partial charge on any atom is -0.365 e. The predicted molar refractivity (Wildman–Crippen MR) is 73.6 cm³/mol. The molecule has 0 saturated heterocycles. The highest BCUT2D eigenvalue weighted by atomic mass is 32.1. The summed E-state index contributed by atoms with van der Waals surface area (Å²) in [5, 5.41) is 6.08. The van der Waals surface area contributed by atoms with Crippen LogP contribution in [0.25, 0.3) is 0 Å². The molecule has 0 aromatic carbocycles. The molecule has 2 heterocycles. The molecule has 1 atom stereocenters. The molecule has 0 bridgehead atoms. The summed E-state index contributed by atoms with van der Waals surface area (Å²) in [5.41, 5.74) is 2.10. The summed E-state index contributed by atoms with van der Waals surface area (Å²) in [7, 11) is 3.96. The van der Waals surface area contributed by atoms with E-state index in [0.29, 0.717) is 0 Å². The molecule has 0 amide bonds. The largest absolute Gasteiger partial charge is 0.365 e. The Kier molecular flexibility index (Phi) is 4.22. The number of nitrogens with one attached hydrogen (secondary N) is 1. The van der Waals surface area contributed by atoms with E-state index in [2.05, 4.69) is 44.5 Å². The highest BCUT2D eigenvalue weighted by Gasteiger charge is 2.14. The van der Waals surface area contributed by atoms with Gasteiger partial charge in [0.2, 0.25) is 0 Å².